The van der Waals surface area contributed by atoms with Crippen LogP contribution in [0.2, 0.25) is 0 Å². The van der Waals surface area contributed by atoms with Crippen molar-refractivity contribution in [1.29, 1.82) is 0 Å². The zero-order valence-electron chi connectivity index (χ0n) is 9.49. The number of rotatable bonds is 2. The topological polar surface area (TPSA) is 54.4 Å². The van der Waals surface area contributed by atoms with E-state index in [4.69, 9.17) is 0 Å². The summed E-state index contributed by atoms with van der Waals surface area (Å²) in [6.07, 6.45) is 3.30. The van der Waals surface area contributed by atoms with Crippen LogP contribution in [0.3, 0.4) is 0 Å². The fourth-order valence-electron chi connectivity index (χ4n) is 2.07. The number of aliphatic hydroxyl groups is 1. The molecule has 1 N–H and O–H groups in total. The van der Waals surface area contributed by atoms with Gasteiger partial charge in [-0.3, -0.25) is 9.59 Å². The molecule has 3 nitrogen and oxygen atoms in total. The van der Waals surface area contributed by atoms with Crippen molar-refractivity contribution < 1.29 is 14.7 Å². The Kier molecular flexibility index (Phi) is 3.45. The monoisotopic (exact) mass is 210 g/mol. The lowest BCUT2D eigenvalue weighted by molar-refractivity contribution is -0.130. The minimum atomic E-state index is -0.550. The summed E-state index contributed by atoms with van der Waals surface area (Å²) in [6.45, 7) is 5.21. The maximum atomic E-state index is 11.4. The highest BCUT2D eigenvalue weighted by atomic mass is 16.3. The van der Waals surface area contributed by atoms with Crippen LogP contribution in [-0.4, -0.2) is 22.8 Å². The third-order valence-electron chi connectivity index (χ3n) is 2.90. The van der Waals surface area contributed by atoms with Gasteiger partial charge >= 0.3 is 0 Å². The predicted molar refractivity (Wildman–Crippen MR) is 57.3 cm³/mol. The van der Waals surface area contributed by atoms with E-state index in [1.165, 1.54) is 13.0 Å². The van der Waals surface area contributed by atoms with Crippen molar-refractivity contribution in [3.8, 4) is 0 Å². The molecule has 1 rings (SSSR count). The van der Waals surface area contributed by atoms with E-state index in [9.17, 15) is 14.7 Å². The molecule has 0 aromatic carbocycles. The van der Waals surface area contributed by atoms with Crippen LogP contribution in [0, 0.1) is 11.3 Å². The molecule has 0 saturated heterocycles. The molecule has 1 aliphatic rings. The van der Waals surface area contributed by atoms with Crippen molar-refractivity contribution in [3.63, 3.8) is 0 Å². The van der Waals surface area contributed by atoms with Crippen LogP contribution in [0.5, 0.6) is 0 Å². The lowest BCUT2D eigenvalue weighted by Crippen LogP contribution is -2.42. The molecule has 3 heteroatoms. The quantitative estimate of drug-likeness (QED) is 0.703. The van der Waals surface area contributed by atoms with Gasteiger partial charge < -0.3 is 5.11 Å². The molecule has 15 heavy (non-hydrogen) atoms. The van der Waals surface area contributed by atoms with Gasteiger partial charge in [-0.1, -0.05) is 19.9 Å². The Balaban J connectivity index is 2.80. The van der Waals surface area contributed by atoms with Crippen LogP contribution in [0.15, 0.2) is 12.2 Å². The van der Waals surface area contributed by atoms with Gasteiger partial charge in [-0.15, -0.1) is 0 Å². The molecular formula is C12H18O3. The van der Waals surface area contributed by atoms with Gasteiger partial charge in [-0.05, 0) is 18.4 Å². The van der Waals surface area contributed by atoms with Crippen molar-refractivity contribution in [2.45, 2.75) is 39.7 Å². The standard InChI is InChI=1S/C12H18O3/c1-8(13)4-5-9-6-10(14)7-12(2,3)11(9)15/h4-5,9,11,15H,6-7H2,1-3H3/b5-4+/t9?,11-/m0/s1. The number of hydrogen-bond acceptors (Lipinski definition) is 3. The Morgan fingerprint density at radius 1 is 1.53 bits per heavy atom. The van der Waals surface area contributed by atoms with Gasteiger partial charge in [0.1, 0.15) is 5.78 Å². The highest BCUT2D eigenvalue weighted by Crippen LogP contribution is 2.37. The van der Waals surface area contributed by atoms with E-state index < -0.39 is 6.10 Å². The fraction of sp³-hybridized carbons (Fsp3) is 0.667. The molecule has 0 heterocycles. The number of hydrogen-bond donors (Lipinski definition) is 1. The van der Waals surface area contributed by atoms with Crippen molar-refractivity contribution in [2.75, 3.05) is 0 Å². The summed E-state index contributed by atoms with van der Waals surface area (Å²) in [5.74, 6) is -0.119. The maximum absolute atomic E-state index is 11.4. The van der Waals surface area contributed by atoms with Crippen LogP contribution in [-0.2, 0) is 9.59 Å². The Labute approximate surface area is 90.2 Å². The highest BCUT2D eigenvalue weighted by molar-refractivity contribution is 5.87. The summed E-state index contributed by atoms with van der Waals surface area (Å²) in [5.41, 5.74) is -0.388. The van der Waals surface area contributed by atoms with Crippen LogP contribution < -0.4 is 0 Å². The summed E-state index contributed by atoms with van der Waals surface area (Å²) >= 11 is 0. The first-order valence-corrected chi connectivity index (χ1v) is 5.21. The summed E-state index contributed by atoms with van der Waals surface area (Å²) in [4.78, 5) is 22.2. The third-order valence-corrected chi connectivity index (χ3v) is 2.90. The Morgan fingerprint density at radius 2 is 2.13 bits per heavy atom. The molecule has 0 aliphatic heterocycles. The molecular weight excluding hydrogens is 192 g/mol. The number of carbonyl (C=O) groups is 2. The number of allylic oxidation sites excluding steroid dienone is 1. The number of aliphatic hydroxyl groups excluding tert-OH is 1. The van der Waals surface area contributed by atoms with Crippen LogP contribution in [0.1, 0.15) is 33.6 Å². The van der Waals surface area contributed by atoms with Gasteiger partial charge in [0.15, 0.2) is 5.78 Å². The van der Waals surface area contributed by atoms with Crippen LogP contribution >= 0.6 is 0 Å². The second kappa shape index (κ2) is 4.27. The van der Waals surface area contributed by atoms with Crippen LogP contribution in [0.25, 0.3) is 0 Å². The van der Waals surface area contributed by atoms with Gasteiger partial charge in [0.25, 0.3) is 0 Å². The molecule has 0 bridgehead atoms. The molecule has 1 unspecified atom stereocenters. The van der Waals surface area contributed by atoms with E-state index in [1.54, 1.807) is 6.08 Å². The summed E-state index contributed by atoms with van der Waals surface area (Å²) in [6, 6.07) is 0. The van der Waals surface area contributed by atoms with E-state index in [2.05, 4.69) is 0 Å². The molecule has 1 aliphatic carbocycles. The van der Waals surface area contributed by atoms with E-state index in [0.717, 1.165) is 0 Å². The number of Topliss-reactive ketones (excluding diaryl/α,β-unsaturated/α-hetero) is 1. The van der Waals surface area contributed by atoms with Crippen molar-refractivity contribution >= 4 is 11.6 Å². The fourth-order valence-corrected chi connectivity index (χ4v) is 2.07. The van der Waals surface area contributed by atoms with Gasteiger partial charge in [0, 0.05) is 18.8 Å². The second-order valence-corrected chi connectivity index (χ2v) is 4.99. The van der Waals surface area contributed by atoms with Crippen molar-refractivity contribution in [2.24, 2.45) is 11.3 Å². The largest absolute Gasteiger partial charge is 0.392 e. The zero-order chi connectivity index (χ0) is 11.6. The van der Waals surface area contributed by atoms with Gasteiger partial charge in [0.05, 0.1) is 6.10 Å². The molecule has 0 amide bonds. The van der Waals surface area contributed by atoms with E-state index >= 15 is 0 Å². The van der Waals surface area contributed by atoms with Crippen LogP contribution in [0.4, 0.5) is 0 Å². The lowest BCUT2D eigenvalue weighted by Gasteiger charge is -2.38. The molecule has 2 atom stereocenters. The van der Waals surface area contributed by atoms with Crippen molar-refractivity contribution in [1.82, 2.24) is 0 Å². The molecule has 0 aromatic rings. The average molecular weight is 210 g/mol. The van der Waals surface area contributed by atoms with E-state index in [1.807, 2.05) is 13.8 Å². The summed E-state index contributed by atoms with van der Waals surface area (Å²) in [5, 5.41) is 10.0. The van der Waals surface area contributed by atoms with Crippen molar-refractivity contribution in [3.05, 3.63) is 12.2 Å². The minimum absolute atomic E-state index is 0.0574. The molecule has 1 saturated carbocycles. The Hall–Kier alpha value is -0.960. The third kappa shape index (κ3) is 2.99. The van der Waals surface area contributed by atoms with E-state index in [-0.39, 0.29) is 22.9 Å². The minimum Gasteiger partial charge on any atom is -0.392 e. The molecule has 1 fully saturated rings. The molecule has 0 radical (unpaired) electrons. The Morgan fingerprint density at radius 3 is 2.67 bits per heavy atom. The average Bonchev–Trinajstić information content (AvgIpc) is 2.08. The molecule has 0 aromatic heterocycles. The molecule has 84 valence electrons. The number of ketones is 2. The normalized spacial score (nSPS) is 30.8. The first-order chi connectivity index (χ1) is 6.83. The maximum Gasteiger partial charge on any atom is 0.152 e. The highest BCUT2D eigenvalue weighted by Gasteiger charge is 2.40. The first kappa shape index (κ1) is 12.1. The zero-order valence-corrected chi connectivity index (χ0v) is 9.49. The SMILES string of the molecule is CC(=O)/C=C/C1CC(=O)CC(C)(C)[C@H]1O. The lowest BCUT2D eigenvalue weighted by atomic mass is 9.69. The van der Waals surface area contributed by atoms with E-state index in [0.29, 0.717) is 12.8 Å². The smallest absolute Gasteiger partial charge is 0.152 e. The summed E-state index contributed by atoms with van der Waals surface area (Å²) in [7, 11) is 0. The second-order valence-electron chi connectivity index (χ2n) is 4.99. The van der Waals surface area contributed by atoms with Gasteiger partial charge in [-0.2, -0.15) is 0 Å². The summed E-state index contributed by atoms with van der Waals surface area (Å²) < 4.78 is 0. The van der Waals surface area contributed by atoms with Gasteiger partial charge in [-0.25, -0.2) is 0 Å². The number of carbonyl (C=O) groups excluding carboxylic acids is 2. The Bertz CT molecular complexity index is 302. The predicted octanol–water partition coefficient (Wildman–Crippen LogP) is 1.50. The molecule has 0 spiro atoms. The first-order valence-electron chi connectivity index (χ1n) is 5.21. The van der Waals surface area contributed by atoms with Gasteiger partial charge in [0.2, 0.25) is 0 Å².